The number of hydrogen-bond acceptors (Lipinski definition) is 7. The zero-order valence-corrected chi connectivity index (χ0v) is 20.8. The van der Waals surface area contributed by atoms with Crippen LogP contribution in [0.4, 0.5) is 0 Å². The molecule has 0 spiro atoms. The van der Waals surface area contributed by atoms with E-state index in [-0.39, 0.29) is 37.1 Å². The van der Waals surface area contributed by atoms with Gasteiger partial charge in [-0.25, -0.2) is 0 Å². The summed E-state index contributed by atoms with van der Waals surface area (Å²) in [4.78, 5) is 6.15. The summed E-state index contributed by atoms with van der Waals surface area (Å²) >= 11 is 0. The number of rotatable bonds is 3. The lowest BCUT2D eigenvalue weighted by molar-refractivity contribution is 0.0503. The minimum atomic E-state index is 0. The van der Waals surface area contributed by atoms with Crippen molar-refractivity contribution < 1.29 is 18.9 Å². The maximum atomic E-state index is 5.10. The summed E-state index contributed by atoms with van der Waals surface area (Å²) in [6, 6.07) is 3.95. The Bertz CT molecular complexity index is 334. The number of ether oxygens (including phenoxy) is 4. The highest BCUT2D eigenvalue weighted by Crippen LogP contribution is 1.89. The third kappa shape index (κ3) is 86.2. The SMILES string of the molecule is C.C.C.C.C.CCCOC.CCOC.CN1CCOCC1.CNC.COC.Cc1cccnc1. The van der Waals surface area contributed by atoms with Crippen molar-refractivity contribution in [1.82, 2.24) is 15.2 Å². The van der Waals surface area contributed by atoms with Crippen molar-refractivity contribution >= 4 is 0 Å². The molecular weight excluding hydrogens is 430 g/mol. The molecule has 0 saturated carbocycles. The summed E-state index contributed by atoms with van der Waals surface area (Å²) in [6.07, 6.45) is 4.73. The van der Waals surface area contributed by atoms with Crippen molar-refractivity contribution in [3.63, 3.8) is 0 Å². The second-order valence-corrected chi connectivity index (χ2v) is 5.92. The van der Waals surface area contributed by atoms with E-state index in [0.717, 1.165) is 45.9 Å². The maximum absolute atomic E-state index is 5.10. The van der Waals surface area contributed by atoms with Crippen LogP contribution in [0.2, 0.25) is 0 Å². The van der Waals surface area contributed by atoms with Crippen LogP contribution in [0.3, 0.4) is 0 Å². The van der Waals surface area contributed by atoms with E-state index in [9.17, 15) is 0 Å². The second-order valence-electron chi connectivity index (χ2n) is 5.92. The topological polar surface area (TPSA) is 65.1 Å². The Balaban J connectivity index is -0.0000000316. The van der Waals surface area contributed by atoms with Gasteiger partial charge in [0, 0.05) is 67.1 Å². The van der Waals surface area contributed by atoms with Crippen LogP contribution >= 0.6 is 0 Å². The number of nitrogens with one attached hydrogen (secondary N) is 1. The minimum Gasteiger partial charge on any atom is -0.388 e. The molecule has 1 aliphatic heterocycles. The second kappa shape index (κ2) is 63.5. The third-order valence-electron chi connectivity index (χ3n) is 2.74. The van der Waals surface area contributed by atoms with Crippen molar-refractivity contribution in [1.29, 1.82) is 0 Å². The number of nitrogens with zero attached hydrogens (tertiary/aromatic N) is 2. The van der Waals surface area contributed by atoms with E-state index in [1.54, 1.807) is 34.6 Å². The van der Waals surface area contributed by atoms with Crippen LogP contribution in [-0.4, -0.2) is 99.0 Å². The fourth-order valence-corrected chi connectivity index (χ4v) is 1.31. The molecule has 7 heteroatoms. The Morgan fingerprint density at radius 1 is 0.941 bits per heavy atom. The van der Waals surface area contributed by atoms with Crippen LogP contribution in [0, 0.1) is 6.92 Å². The van der Waals surface area contributed by atoms with Gasteiger partial charge in [-0.3, -0.25) is 4.98 Å². The van der Waals surface area contributed by atoms with Crippen molar-refractivity contribution in [2.45, 2.75) is 64.3 Å². The number of pyridine rings is 1. The van der Waals surface area contributed by atoms with Crippen molar-refractivity contribution in [3.05, 3.63) is 30.1 Å². The lowest BCUT2D eigenvalue weighted by Gasteiger charge is -2.21. The quantitative estimate of drug-likeness (QED) is 0.522. The summed E-state index contributed by atoms with van der Waals surface area (Å²) in [6.45, 7) is 11.8. The molecule has 1 saturated heterocycles. The maximum Gasteiger partial charge on any atom is 0.0594 e. The Morgan fingerprint density at radius 2 is 1.35 bits per heavy atom. The molecule has 0 unspecified atom stereocenters. The zero-order chi connectivity index (χ0) is 23.2. The Labute approximate surface area is 217 Å². The first-order chi connectivity index (χ1) is 13.9. The standard InChI is InChI=1S/C6H7N.C5H11NO.C4H10O.C3H8O.C2H7N.C2H6O.5CH4/c1-6-3-2-4-7-5-6;1-6-2-4-7-5-3-6;1-3-4-5-2;1-3-4-2;2*1-3-2;;;;;/h2-5H,1H3;2-5H2,1H3;3-4H2,1-2H3;3H2,1-2H3;3H,1-2H3;1-2H3;5*1H4. The average molecular weight is 500 g/mol. The monoisotopic (exact) mass is 500 g/mol. The number of likely N-dealkylation sites (N-methyl/N-ethyl adjacent to an activating group) is 1. The molecule has 0 radical (unpaired) electrons. The molecule has 2 heterocycles. The Kier molecular flexibility index (Phi) is 109. The molecule has 1 aromatic heterocycles. The molecule has 0 aliphatic carbocycles. The molecule has 0 bridgehead atoms. The minimum absolute atomic E-state index is 0. The first-order valence-corrected chi connectivity index (χ1v) is 10.0. The van der Waals surface area contributed by atoms with E-state index >= 15 is 0 Å². The highest BCUT2D eigenvalue weighted by molar-refractivity contribution is 5.04. The Hall–Kier alpha value is -1.09. The van der Waals surface area contributed by atoms with Crippen LogP contribution < -0.4 is 5.32 Å². The summed E-state index contributed by atoms with van der Waals surface area (Å²) < 4.78 is 18.6. The number of methoxy groups -OCH3 is 3. The highest BCUT2D eigenvalue weighted by Gasteiger charge is 2.02. The van der Waals surface area contributed by atoms with Crippen molar-refractivity contribution in [2.75, 3.05) is 89.1 Å². The molecule has 0 amide bonds. The van der Waals surface area contributed by atoms with E-state index in [1.165, 1.54) is 5.56 Å². The number of aryl methyl sites for hydroxylation is 1. The summed E-state index contributed by atoms with van der Waals surface area (Å²) in [5, 5.41) is 2.75. The fraction of sp³-hybridized carbons (Fsp3) is 0.815. The first kappa shape index (κ1) is 58.6. The van der Waals surface area contributed by atoms with E-state index in [4.69, 9.17) is 9.47 Å². The normalized spacial score (nSPS) is 10.2. The van der Waals surface area contributed by atoms with Gasteiger partial charge in [-0.05, 0) is 53.0 Å². The van der Waals surface area contributed by atoms with Gasteiger partial charge in [0.1, 0.15) is 0 Å². The molecule has 7 nitrogen and oxygen atoms in total. The summed E-state index contributed by atoms with van der Waals surface area (Å²) in [7, 11) is 12.5. The molecule has 34 heavy (non-hydrogen) atoms. The largest absolute Gasteiger partial charge is 0.388 e. The number of aromatic nitrogens is 1. The van der Waals surface area contributed by atoms with Crippen LogP contribution in [0.1, 0.15) is 63.0 Å². The van der Waals surface area contributed by atoms with Gasteiger partial charge < -0.3 is 29.2 Å². The molecule has 1 fully saturated rings. The summed E-state index contributed by atoms with van der Waals surface area (Å²) in [5.74, 6) is 0. The van der Waals surface area contributed by atoms with E-state index in [0.29, 0.717) is 0 Å². The van der Waals surface area contributed by atoms with Gasteiger partial charge in [0.05, 0.1) is 13.2 Å². The van der Waals surface area contributed by atoms with Gasteiger partial charge in [-0.2, -0.15) is 0 Å². The average Bonchev–Trinajstić information content (AvgIpc) is 2.72. The van der Waals surface area contributed by atoms with Gasteiger partial charge in [-0.1, -0.05) is 50.1 Å². The highest BCUT2D eigenvalue weighted by atomic mass is 16.5. The van der Waals surface area contributed by atoms with Crippen LogP contribution in [-0.2, 0) is 18.9 Å². The first-order valence-electron chi connectivity index (χ1n) is 10.0. The van der Waals surface area contributed by atoms with Gasteiger partial charge >= 0.3 is 0 Å². The number of morpholine rings is 1. The fourth-order valence-electron chi connectivity index (χ4n) is 1.31. The van der Waals surface area contributed by atoms with Crippen LogP contribution in [0.5, 0.6) is 0 Å². The number of hydrogen-bond donors (Lipinski definition) is 1. The van der Waals surface area contributed by atoms with Crippen molar-refractivity contribution in [3.8, 4) is 0 Å². The molecule has 0 aromatic carbocycles. The summed E-state index contributed by atoms with van der Waals surface area (Å²) in [5.41, 5.74) is 1.21. The molecule has 216 valence electrons. The lowest BCUT2D eigenvalue weighted by Crippen LogP contribution is -2.32. The molecule has 2 rings (SSSR count). The van der Waals surface area contributed by atoms with Gasteiger partial charge in [-0.15, -0.1) is 0 Å². The van der Waals surface area contributed by atoms with E-state index in [2.05, 4.69) is 38.6 Å². The third-order valence-corrected chi connectivity index (χ3v) is 2.74. The smallest absolute Gasteiger partial charge is 0.0594 e. The lowest BCUT2D eigenvalue weighted by atomic mass is 10.3. The molecule has 0 atom stereocenters. The Morgan fingerprint density at radius 3 is 1.47 bits per heavy atom. The zero-order valence-electron chi connectivity index (χ0n) is 20.8. The van der Waals surface area contributed by atoms with E-state index < -0.39 is 0 Å². The molecular formula is C27H69N3O4. The van der Waals surface area contributed by atoms with Crippen molar-refractivity contribution in [2.24, 2.45) is 0 Å². The van der Waals surface area contributed by atoms with E-state index in [1.807, 2.05) is 46.3 Å². The van der Waals surface area contributed by atoms with Gasteiger partial charge in [0.15, 0.2) is 0 Å². The van der Waals surface area contributed by atoms with Gasteiger partial charge in [0.25, 0.3) is 0 Å². The van der Waals surface area contributed by atoms with Gasteiger partial charge in [0.2, 0.25) is 0 Å². The molecule has 1 aliphatic rings. The molecule has 1 N–H and O–H groups in total. The van der Waals surface area contributed by atoms with Crippen LogP contribution in [0.15, 0.2) is 24.5 Å². The predicted molar refractivity (Wildman–Crippen MR) is 159 cm³/mol. The predicted octanol–water partition coefficient (Wildman–Crippen LogP) is 6.31. The van der Waals surface area contributed by atoms with Crippen LogP contribution in [0.25, 0.3) is 0 Å². The molecule has 1 aromatic rings.